The molecule has 33 heavy (non-hydrogen) atoms. The highest BCUT2D eigenvalue weighted by atomic mass is 32.2. The number of para-hydroxylation sites is 1. The van der Waals surface area contributed by atoms with Crippen molar-refractivity contribution in [1.29, 1.82) is 0 Å². The van der Waals surface area contributed by atoms with Gasteiger partial charge in [-0.3, -0.25) is 14.2 Å². The summed E-state index contributed by atoms with van der Waals surface area (Å²) in [4.78, 5) is 33.0. The normalized spacial score (nSPS) is 15.9. The average Bonchev–Trinajstić information content (AvgIpc) is 3.32. The fraction of sp³-hybridized carbons (Fsp3) is 0.400. The third-order valence-electron chi connectivity index (χ3n) is 5.99. The number of carbonyl (C=O) groups is 1. The molecule has 2 heterocycles. The van der Waals surface area contributed by atoms with Crippen LogP contribution in [0.1, 0.15) is 44.3 Å². The van der Waals surface area contributed by atoms with E-state index in [4.69, 9.17) is 14.5 Å². The molecule has 3 aromatic rings. The number of nitrogens with zero attached hydrogens (tertiary/aromatic N) is 3. The molecule has 174 valence electrons. The first kappa shape index (κ1) is 23.2. The summed E-state index contributed by atoms with van der Waals surface area (Å²) in [5.41, 5.74) is 1.52. The lowest BCUT2D eigenvalue weighted by atomic mass is 10.0. The molecule has 0 aliphatic carbocycles. The predicted molar refractivity (Wildman–Crippen MR) is 130 cm³/mol. The Balaban J connectivity index is 1.59. The summed E-state index contributed by atoms with van der Waals surface area (Å²) < 4.78 is 12.6. The number of likely N-dealkylation sites (tertiary alicyclic amines) is 1. The quantitative estimate of drug-likeness (QED) is 0.378. The van der Waals surface area contributed by atoms with Crippen LogP contribution in [0.25, 0.3) is 10.9 Å². The van der Waals surface area contributed by atoms with E-state index in [1.54, 1.807) is 24.9 Å². The minimum Gasteiger partial charge on any atom is -0.497 e. The van der Waals surface area contributed by atoms with Gasteiger partial charge in [0.05, 0.1) is 36.9 Å². The van der Waals surface area contributed by atoms with E-state index < -0.39 is 0 Å². The van der Waals surface area contributed by atoms with Crippen molar-refractivity contribution >= 4 is 28.6 Å². The fourth-order valence-corrected chi connectivity index (χ4v) is 5.39. The molecular formula is C25H29N3O4S. The first-order chi connectivity index (χ1) is 15.9. The molecule has 7 nitrogen and oxygen atoms in total. The number of thioether (sulfide) groups is 1. The summed E-state index contributed by atoms with van der Waals surface area (Å²) >= 11 is 1.32. The van der Waals surface area contributed by atoms with Gasteiger partial charge in [-0.2, -0.15) is 0 Å². The number of hydrogen-bond donors (Lipinski definition) is 0. The monoisotopic (exact) mass is 467 g/mol. The van der Waals surface area contributed by atoms with Gasteiger partial charge >= 0.3 is 0 Å². The summed E-state index contributed by atoms with van der Waals surface area (Å²) in [5, 5.41) is 1.16. The zero-order valence-corrected chi connectivity index (χ0v) is 20.2. The molecule has 1 aliphatic heterocycles. The molecule has 1 amide bonds. The Bertz CT molecular complexity index is 1220. The Labute approximate surface area is 197 Å². The topological polar surface area (TPSA) is 73.7 Å². The van der Waals surface area contributed by atoms with Gasteiger partial charge in [0, 0.05) is 18.2 Å². The Morgan fingerprint density at radius 3 is 2.70 bits per heavy atom. The highest BCUT2D eigenvalue weighted by molar-refractivity contribution is 7.99. The first-order valence-electron chi connectivity index (χ1n) is 11.1. The molecule has 1 saturated heterocycles. The van der Waals surface area contributed by atoms with E-state index in [1.807, 2.05) is 55.1 Å². The van der Waals surface area contributed by atoms with Crippen molar-refractivity contribution < 1.29 is 14.3 Å². The van der Waals surface area contributed by atoms with Crippen molar-refractivity contribution in [3.63, 3.8) is 0 Å². The van der Waals surface area contributed by atoms with Crippen LogP contribution in [0.2, 0.25) is 0 Å². The lowest BCUT2D eigenvalue weighted by Gasteiger charge is -2.27. The summed E-state index contributed by atoms with van der Waals surface area (Å²) in [6.45, 7) is 4.59. The second-order valence-electron chi connectivity index (χ2n) is 8.32. The van der Waals surface area contributed by atoms with E-state index in [-0.39, 0.29) is 29.3 Å². The Morgan fingerprint density at radius 1 is 1.18 bits per heavy atom. The third kappa shape index (κ3) is 4.57. The second-order valence-corrected chi connectivity index (χ2v) is 9.26. The molecule has 1 aromatic heterocycles. The number of carbonyl (C=O) groups excluding carboxylic acids is 1. The van der Waals surface area contributed by atoms with Crippen LogP contribution >= 0.6 is 11.8 Å². The van der Waals surface area contributed by atoms with Crippen LogP contribution in [-0.2, 0) is 4.79 Å². The number of amides is 1. The molecule has 2 aromatic carbocycles. The van der Waals surface area contributed by atoms with Crippen molar-refractivity contribution in [2.45, 2.75) is 43.9 Å². The number of benzene rings is 2. The van der Waals surface area contributed by atoms with E-state index in [0.717, 1.165) is 29.9 Å². The molecule has 1 aliphatic rings. The predicted octanol–water partition coefficient (Wildman–Crippen LogP) is 4.45. The lowest BCUT2D eigenvalue weighted by Crippen LogP contribution is -2.32. The summed E-state index contributed by atoms with van der Waals surface area (Å²) in [6.07, 6.45) is 1.79. The van der Waals surface area contributed by atoms with Gasteiger partial charge in [-0.05, 0) is 57.0 Å². The molecule has 1 unspecified atom stereocenters. The van der Waals surface area contributed by atoms with E-state index in [2.05, 4.69) is 0 Å². The van der Waals surface area contributed by atoms with Gasteiger partial charge in [-0.15, -0.1) is 0 Å². The Hall–Kier alpha value is -3.00. The van der Waals surface area contributed by atoms with Crippen LogP contribution in [-0.4, -0.2) is 46.9 Å². The maximum Gasteiger partial charge on any atom is 0.262 e. The molecule has 0 spiro atoms. The first-order valence-corrected chi connectivity index (χ1v) is 12.1. The fourth-order valence-electron chi connectivity index (χ4n) is 4.38. The second kappa shape index (κ2) is 9.87. The highest BCUT2D eigenvalue weighted by Gasteiger charge is 2.32. The van der Waals surface area contributed by atoms with Crippen LogP contribution in [0.15, 0.2) is 52.4 Å². The Morgan fingerprint density at radius 2 is 1.97 bits per heavy atom. The van der Waals surface area contributed by atoms with Crippen LogP contribution < -0.4 is 15.0 Å². The van der Waals surface area contributed by atoms with Gasteiger partial charge in [-0.1, -0.05) is 23.9 Å². The molecule has 0 radical (unpaired) electrons. The van der Waals surface area contributed by atoms with Crippen molar-refractivity contribution in [3.8, 4) is 11.5 Å². The number of aromatic nitrogens is 2. The Kier molecular flexibility index (Phi) is 6.93. The molecule has 1 fully saturated rings. The third-order valence-corrected chi connectivity index (χ3v) is 6.92. The number of fused-ring (bicyclic) bond motifs is 1. The van der Waals surface area contributed by atoms with Gasteiger partial charge in [0.15, 0.2) is 5.16 Å². The van der Waals surface area contributed by atoms with Gasteiger partial charge < -0.3 is 14.4 Å². The van der Waals surface area contributed by atoms with Crippen molar-refractivity contribution in [3.05, 3.63) is 58.4 Å². The molecule has 4 rings (SSSR count). The van der Waals surface area contributed by atoms with E-state index in [9.17, 15) is 9.59 Å². The summed E-state index contributed by atoms with van der Waals surface area (Å²) in [7, 11) is 3.27. The van der Waals surface area contributed by atoms with Gasteiger partial charge in [0.25, 0.3) is 5.56 Å². The number of rotatable bonds is 7. The molecule has 8 heteroatoms. The van der Waals surface area contributed by atoms with Crippen molar-refractivity contribution in [1.82, 2.24) is 14.5 Å². The largest absolute Gasteiger partial charge is 0.497 e. The average molecular weight is 468 g/mol. The minimum atomic E-state index is -0.0780. The standard InChI is InChI=1S/C25H29N3O4S/c1-16(2)28-24(30)18-8-5-6-9-20(18)26-25(28)33-15-23(29)27-13-7-10-21(27)19-14-17(31-3)11-12-22(19)32-4/h5-6,8-9,11-12,14,16,21H,7,10,13,15H2,1-4H3. The summed E-state index contributed by atoms with van der Waals surface area (Å²) in [6, 6.07) is 12.9. The molecule has 0 N–H and O–H groups in total. The summed E-state index contributed by atoms with van der Waals surface area (Å²) in [5.74, 6) is 1.71. The minimum absolute atomic E-state index is 0.0186. The zero-order valence-electron chi connectivity index (χ0n) is 19.4. The van der Waals surface area contributed by atoms with Gasteiger partial charge in [0.1, 0.15) is 11.5 Å². The van der Waals surface area contributed by atoms with Crippen molar-refractivity contribution in [2.75, 3.05) is 26.5 Å². The van der Waals surface area contributed by atoms with Crippen LogP contribution in [0.3, 0.4) is 0 Å². The van der Waals surface area contributed by atoms with E-state index in [1.165, 1.54) is 11.8 Å². The molecule has 0 saturated carbocycles. The SMILES string of the molecule is COc1ccc(OC)c(C2CCCN2C(=O)CSc2nc3ccccc3c(=O)n2C(C)C)c1. The highest BCUT2D eigenvalue weighted by Crippen LogP contribution is 2.39. The zero-order chi connectivity index (χ0) is 23.5. The molecule has 1 atom stereocenters. The van der Waals surface area contributed by atoms with Crippen LogP contribution in [0.4, 0.5) is 0 Å². The molecule has 0 bridgehead atoms. The van der Waals surface area contributed by atoms with Gasteiger partial charge in [0.2, 0.25) is 5.91 Å². The number of methoxy groups -OCH3 is 2. The van der Waals surface area contributed by atoms with Crippen LogP contribution in [0, 0.1) is 0 Å². The molecular weight excluding hydrogens is 438 g/mol. The van der Waals surface area contributed by atoms with E-state index >= 15 is 0 Å². The smallest absolute Gasteiger partial charge is 0.262 e. The van der Waals surface area contributed by atoms with Gasteiger partial charge in [-0.25, -0.2) is 4.98 Å². The van der Waals surface area contributed by atoms with E-state index in [0.29, 0.717) is 22.6 Å². The maximum absolute atomic E-state index is 13.3. The number of hydrogen-bond acceptors (Lipinski definition) is 6. The number of ether oxygens (including phenoxy) is 2. The lowest BCUT2D eigenvalue weighted by molar-refractivity contribution is -0.129. The van der Waals surface area contributed by atoms with Crippen molar-refractivity contribution in [2.24, 2.45) is 0 Å². The maximum atomic E-state index is 13.3. The van der Waals surface area contributed by atoms with Crippen LogP contribution in [0.5, 0.6) is 11.5 Å².